The lowest BCUT2D eigenvalue weighted by molar-refractivity contribution is -0.143. The summed E-state index contributed by atoms with van der Waals surface area (Å²) in [7, 11) is -3.85. The lowest BCUT2D eigenvalue weighted by atomic mass is 10.1. The fraction of sp³-hybridized carbons (Fsp3) is 0.654. The predicted molar refractivity (Wildman–Crippen MR) is 156 cm³/mol. The number of likely N-dealkylation sites (tertiary alicyclic amines) is 2. The average molecular weight is 615 g/mol. The molecule has 40 heavy (non-hydrogen) atoms. The Morgan fingerprint density at radius 2 is 1.85 bits per heavy atom. The van der Waals surface area contributed by atoms with Gasteiger partial charge in [0.15, 0.2) is 0 Å². The van der Waals surface area contributed by atoms with Crippen LogP contribution in [0.5, 0.6) is 0 Å². The quantitative estimate of drug-likeness (QED) is 0.416. The van der Waals surface area contributed by atoms with E-state index in [4.69, 9.17) is 11.6 Å². The van der Waals surface area contributed by atoms with Crippen LogP contribution in [0.4, 0.5) is 4.79 Å². The molecule has 0 bridgehead atoms. The third kappa shape index (κ3) is 8.41. The van der Waals surface area contributed by atoms with Crippen molar-refractivity contribution in [3.8, 4) is 0 Å². The molecular weight excluding hydrogens is 576 g/mol. The number of sulfonamides is 1. The van der Waals surface area contributed by atoms with Crippen LogP contribution in [0.15, 0.2) is 17.5 Å². The standard InChI is InChI=1S/C26H39ClN6O5S2/c1-2-10-28-26(36)31-15-13-30(14-16-31)18-20-5-3-12-33(20)24(34)19-32-11-4-6-22(25(32)35)29-40(37,38)17-9-21-7-8-23(27)39-21/h7-9,17,20,22,29H,2-6,10-16,18-19H2,1H3,(H,28,36)/b17-9+/t20-,22-/m0/s1. The number of carbonyl (C=O) groups excluding carboxylic acids is 3. The van der Waals surface area contributed by atoms with E-state index in [9.17, 15) is 22.8 Å². The number of hydrogen-bond acceptors (Lipinski definition) is 7. The number of amides is 4. The summed E-state index contributed by atoms with van der Waals surface area (Å²) in [5.41, 5.74) is 0. The summed E-state index contributed by atoms with van der Waals surface area (Å²) in [5, 5.41) is 3.96. The van der Waals surface area contributed by atoms with E-state index in [1.165, 1.54) is 22.3 Å². The van der Waals surface area contributed by atoms with E-state index in [1.807, 2.05) is 16.7 Å². The molecule has 1 aromatic heterocycles. The van der Waals surface area contributed by atoms with Crippen LogP contribution in [0.3, 0.4) is 0 Å². The first-order valence-electron chi connectivity index (χ1n) is 13.9. The van der Waals surface area contributed by atoms with Gasteiger partial charge in [0.25, 0.3) is 0 Å². The van der Waals surface area contributed by atoms with Gasteiger partial charge in [-0.25, -0.2) is 13.2 Å². The van der Waals surface area contributed by atoms with E-state index in [-0.39, 0.29) is 30.4 Å². The SMILES string of the molecule is CCCNC(=O)N1CCN(C[C@@H]2CCCN2C(=O)CN2CCC[C@H](NS(=O)(=O)/C=C/c3ccc(Cl)s3)C2=O)CC1. The molecular formula is C26H39ClN6O5S2. The van der Waals surface area contributed by atoms with E-state index in [0.29, 0.717) is 54.8 Å². The molecule has 222 valence electrons. The smallest absolute Gasteiger partial charge is 0.317 e. The second-order valence-corrected chi connectivity index (χ2v) is 13.8. The molecule has 14 heteroatoms. The van der Waals surface area contributed by atoms with Crippen LogP contribution in [0.2, 0.25) is 4.34 Å². The Morgan fingerprint density at radius 3 is 2.55 bits per heavy atom. The Bertz CT molecular complexity index is 1180. The van der Waals surface area contributed by atoms with E-state index in [0.717, 1.165) is 44.3 Å². The van der Waals surface area contributed by atoms with Crippen molar-refractivity contribution < 1.29 is 22.8 Å². The van der Waals surface area contributed by atoms with E-state index < -0.39 is 16.1 Å². The molecule has 4 rings (SSSR count). The Balaban J connectivity index is 1.26. The molecule has 0 spiro atoms. The second kappa shape index (κ2) is 14.1. The third-order valence-electron chi connectivity index (χ3n) is 7.52. The summed E-state index contributed by atoms with van der Waals surface area (Å²) in [6.45, 7) is 7.31. The maximum atomic E-state index is 13.3. The molecule has 0 radical (unpaired) electrons. The van der Waals surface area contributed by atoms with Crippen LogP contribution < -0.4 is 10.0 Å². The molecule has 0 aromatic carbocycles. The molecule has 2 N–H and O–H groups in total. The summed E-state index contributed by atoms with van der Waals surface area (Å²) in [5.74, 6) is -0.477. The zero-order chi connectivity index (χ0) is 28.7. The van der Waals surface area contributed by atoms with E-state index in [2.05, 4.69) is 14.9 Å². The van der Waals surface area contributed by atoms with Crippen molar-refractivity contribution in [2.24, 2.45) is 0 Å². The lowest BCUT2D eigenvalue weighted by Gasteiger charge is -2.38. The van der Waals surface area contributed by atoms with Crippen LogP contribution in [0.1, 0.15) is 43.9 Å². The van der Waals surface area contributed by atoms with E-state index in [1.54, 1.807) is 12.1 Å². The molecule has 3 saturated heterocycles. The minimum absolute atomic E-state index is 0.0191. The van der Waals surface area contributed by atoms with Crippen LogP contribution >= 0.6 is 22.9 Å². The van der Waals surface area contributed by atoms with Crippen LogP contribution in [-0.2, 0) is 19.6 Å². The van der Waals surface area contributed by atoms with Gasteiger partial charge in [0.1, 0.15) is 6.04 Å². The third-order valence-corrected chi connectivity index (χ3v) is 9.82. The van der Waals surface area contributed by atoms with Crippen molar-refractivity contribution in [1.29, 1.82) is 0 Å². The highest BCUT2D eigenvalue weighted by molar-refractivity contribution is 7.92. The van der Waals surface area contributed by atoms with Gasteiger partial charge in [-0.15, -0.1) is 11.3 Å². The monoisotopic (exact) mass is 614 g/mol. The number of urea groups is 1. The van der Waals surface area contributed by atoms with Gasteiger partial charge in [0, 0.05) is 68.7 Å². The summed E-state index contributed by atoms with van der Waals surface area (Å²) in [6, 6.07) is 2.55. The highest BCUT2D eigenvalue weighted by atomic mass is 35.5. The number of piperidine rings is 1. The summed E-state index contributed by atoms with van der Waals surface area (Å²) in [6.07, 6.45) is 5.16. The normalized spacial score (nSPS) is 22.9. The summed E-state index contributed by atoms with van der Waals surface area (Å²) >= 11 is 7.15. The first kappa shape index (κ1) is 30.8. The summed E-state index contributed by atoms with van der Waals surface area (Å²) < 4.78 is 28.2. The molecule has 4 heterocycles. The Kier molecular flexibility index (Phi) is 10.9. The topological polar surface area (TPSA) is 122 Å². The van der Waals surface area contributed by atoms with Crippen molar-refractivity contribution in [1.82, 2.24) is 29.6 Å². The maximum Gasteiger partial charge on any atom is 0.317 e. The van der Waals surface area contributed by atoms with Crippen LogP contribution in [0, 0.1) is 0 Å². The maximum absolute atomic E-state index is 13.3. The number of nitrogens with zero attached hydrogens (tertiary/aromatic N) is 4. The molecule has 1 aromatic rings. The molecule has 3 aliphatic rings. The second-order valence-electron chi connectivity index (χ2n) is 10.5. The molecule has 0 aliphatic carbocycles. The molecule has 0 unspecified atom stereocenters. The zero-order valence-electron chi connectivity index (χ0n) is 22.9. The number of rotatable bonds is 10. The van der Waals surface area contributed by atoms with Gasteiger partial charge in [-0.1, -0.05) is 18.5 Å². The van der Waals surface area contributed by atoms with Crippen LogP contribution in [0.25, 0.3) is 6.08 Å². The Hall–Kier alpha value is -2.19. The van der Waals surface area contributed by atoms with Gasteiger partial charge in [-0.2, -0.15) is 4.72 Å². The largest absolute Gasteiger partial charge is 0.338 e. The minimum Gasteiger partial charge on any atom is -0.338 e. The highest BCUT2D eigenvalue weighted by Gasteiger charge is 2.36. The zero-order valence-corrected chi connectivity index (χ0v) is 25.3. The van der Waals surface area contributed by atoms with Gasteiger partial charge >= 0.3 is 6.03 Å². The van der Waals surface area contributed by atoms with E-state index >= 15 is 0 Å². The molecule has 3 aliphatic heterocycles. The number of nitrogens with one attached hydrogen (secondary N) is 2. The lowest BCUT2D eigenvalue weighted by Crippen LogP contribution is -2.56. The molecule has 4 amide bonds. The summed E-state index contributed by atoms with van der Waals surface area (Å²) in [4.78, 5) is 46.8. The molecule has 2 atom stereocenters. The number of thiophene rings is 1. The first-order valence-corrected chi connectivity index (χ1v) is 16.7. The van der Waals surface area contributed by atoms with Crippen molar-refractivity contribution in [3.05, 3.63) is 26.8 Å². The fourth-order valence-corrected chi connectivity index (χ4v) is 7.47. The van der Waals surface area contributed by atoms with Gasteiger partial charge in [-0.05, 0) is 50.3 Å². The fourth-order valence-electron chi connectivity index (χ4n) is 5.40. The minimum atomic E-state index is -3.85. The van der Waals surface area contributed by atoms with Crippen molar-refractivity contribution in [3.63, 3.8) is 0 Å². The predicted octanol–water partition coefficient (Wildman–Crippen LogP) is 2.01. The Labute approximate surface area is 245 Å². The van der Waals surface area contributed by atoms with Gasteiger partial charge in [0.05, 0.1) is 10.9 Å². The number of carbonyl (C=O) groups is 3. The number of hydrogen-bond donors (Lipinski definition) is 2. The van der Waals surface area contributed by atoms with Crippen molar-refractivity contribution in [2.45, 2.75) is 51.1 Å². The first-order chi connectivity index (χ1) is 19.1. The van der Waals surface area contributed by atoms with Crippen molar-refractivity contribution >= 4 is 56.9 Å². The Morgan fingerprint density at radius 1 is 1.10 bits per heavy atom. The van der Waals surface area contributed by atoms with Gasteiger partial charge < -0.3 is 20.0 Å². The van der Waals surface area contributed by atoms with Crippen molar-refractivity contribution in [2.75, 3.05) is 58.9 Å². The average Bonchev–Trinajstić information content (AvgIpc) is 3.57. The van der Waals surface area contributed by atoms with Gasteiger partial charge in [-0.3, -0.25) is 14.5 Å². The molecule has 11 nitrogen and oxygen atoms in total. The van der Waals surface area contributed by atoms with Crippen LogP contribution in [-0.4, -0.2) is 117 Å². The molecule has 3 fully saturated rings. The molecule has 0 saturated carbocycles. The van der Waals surface area contributed by atoms with Gasteiger partial charge in [0.2, 0.25) is 21.8 Å². The highest BCUT2D eigenvalue weighted by Crippen LogP contribution is 2.23. The number of halogens is 1. The number of piperazine rings is 1.